The molecule has 0 amide bonds. The number of hydrogen-bond donors (Lipinski definition) is 0. The highest BCUT2D eigenvalue weighted by Crippen LogP contribution is 2.49. The highest BCUT2D eigenvalue weighted by atomic mass is 32.2. The fraction of sp³-hybridized carbons (Fsp3) is 0.414. The van der Waals surface area contributed by atoms with E-state index in [2.05, 4.69) is 45.8 Å². The smallest absolute Gasteiger partial charge is 0.259 e. The summed E-state index contributed by atoms with van der Waals surface area (Å²) in [6.07, 6.45) is 7.65. The van der Waals surface area contributed by atoms with Crippen LogP contribution in [-0.2, 0) is 18.4 Å². The number of fused-ring (bicyclic) bond motifs is 6. The zero-order valence-corrected chi connectivity index (χ0v) is 21.8. The van der Waals surface area contributed by atoms with Gasteiger partial charge in [-0.1, -0.05) is 74.3 Å². The normalized spacial score (nSPS) is 16.2. The second-order valence-electron chi connectivity index (χ2n) is 10.1. The second-order valence-corrected chi connectivity index (χ2v) is 11.2. The summed E-state index contributed by atoms with van der Waals surface area (Å²) in [5, 5.41) is 10.1. The van der Waals surface area contributed by atoms with Gasteiger partial charge in [-0.2, -0.15) is 0 Å². The molecule has 1 saturated carbocycles. The standard InChI is InChI=1S/C29H32N4O2S/c1-3-17-36-28-31-30-27-32(19-20-11-13-22(35-2)14-12-20)26(34)24-25(33(27)28)23-10-6-5-9-21(23)18-29(24)15-7-4-8-16-29/h5-6,9-14H,3-4,7-8,15-19H2,1-2H3. The Morgan fingerprint density at radius 2 is 1.81 bits per heavy atom. The second kappa shape index (κ2) is 9.43. The van der Waals surface area contributed by atoms with Crippen LogP contribution in [0.4, 0.5) is 0 Å². The summed E-state index contributed by atoms with van der Waals surface area (Å²) in [4.78, 5) is 14.5. The van der Waals surface area contributed by atoms with Gasteiger partial charge in [0.2, 0.25) is 5.78 Å². The first-order valence-corrected chi connectivity index (χ1v) is 14.0. The lowest BCUT2D eigenvalue weighted by molar-refractivity contribution is 0.283. The largest absolute Gasteiger partial charge is 0.497 e. The van der Waals surface area contributed by atoms with Crippen molar-refractivity contribution in [2.75, 3.05) is 12.9 Å². The number of benzene rings is 2. The van der Waals surface area contributed by atoms with Gasteiger partial charge in [0, 0.05) is 22.3 Å². The van der Waals surface area contributed by atoms with Crippen molar-refractivity contribution in [2.24, 2.45) is 0 Å². The van der Waals surface area contributed by atoms with Gasteiger partial charge in [-0.25, -0.2) is 0 Å². The summed E-state index contributed by atoms with van der Waals surface area (Å²) < 4.78 is 9.38. The van der Waals surface area contributed by atoms with Gasteiger partial charge in [-0.3, -0.25) is 13.8 Å². The van der Waals surface area contributed by atoms with Crippen LogP contribution >= 0.6 is 11.8 Å². The molecule has 0 unspecified atom stereocenters. The molecule has 0 aliphatic heterocycles. The third kappa shape index (κ3) is 3.76. The third-order valence-electron chi connectivity index (χ3n) is 7.85. The van der Waals surface area contributed by atoms with E-state index in [-0.39, 0.29) is 11.0 Å². The minimum Gasteiger partial charge on any atom is -0.497 e. The molecule has 186 valence electrons. The number of rotatable bonds is 6. The molecule has 6 nitrogen and oxygen atoms in total. The molecule has 0 bridgehead atoms. The Morgan fingerprint density at radius 3 is 2.56 bits per heavy atom. The fourth-order valence-corrected chi connectivity index (χ4v) is 6.95. The highest BCUT2D eigenvalue weighted by molar-refractivity contribution is 7.99. The van der Waals surface area contributed by atoms with Gasteiger partial charge in [0.25, 0.3) is 5.56 Å². The van der Waals surface area contributed by atoms with Crippen molar-refractivity contribution in [1.29, 1.82) is 0 Å². The van der Waals surface area contributed by atoms with Crippen molar-refractivity contribution in [1.82, 2.24) is 19.2 Å². The van der Waals surface area contributed by atoms with E-state index in [4.69, 9.17) is 4.74 Å². The average molecular weight is 501 g/mol. The molecule has 36 heavy (non-hydrogen) atoms. The molecule has 2 aliphatic rings. The summed E-state index contributed by atoms with van der Waals surface area (Å²) in [6.45, 7) is 2.63. The summed E-state index contributed by atoms with van der Waals surface area (Å²) in [7, 11) is 1.67. The molecule has 4 aromatic rings. The average Bonchev–Trinajstić information content (AvgIpc) is 3.33. The molecule has 2 heterocycles. The molecule has 2 aliphatic carbocycles. The lowest BCUT2D eigenvalue weighted by Gasteiger charge is -2.42. The summed E-state index contributed by atoms with van der Waals surface area (Å²) in [5.41, 5.74) is 5.48. The molecular formula is C29H32N4O2S. The topological polar surface area (TPSA) is 61.4 Å². The summed E-state index contributed by atoms with van der Waals surface area (Å²) >= 11 is 1.72. The fourth-order valence-electron chi connectivity index (χ4n) is 6.16. The molecule has 2 aromatic carbocycles. The minimum absolute atomic E-state index is 0.0872. The summed E-state index contributed by atoms with van der Waals surface area (Å²) in [5.74, 6) is 2.39. The number of aromatic nitrogens is 4. The minimum atomic E-state index is -0.133. The lowest BCUT2D eigenvalue weighted by atomic mass is 9.62. The number of hydrogen-bond acceptors (Lipinski definition) is 5. The van der Waals surface area contributed by atoms with Crippen molar-refractivity contribution in [3.8, 4) is 17.0 Å². The van der Waals surface area contributed by atoms with Crippen LogP contribution in [0.15, 0.2) is 58.5 Å². The first-order valence-electron chi connectivity index (χ1n) is 13.0. The van der Waals surface area contributed by atoms with Gasteiger partial charge >= 0.3 is 0 Å². The molecule has 7 heteroatoms. The van der Waals surface area contributed by atoms with E-state index in [1.54, 1.807) is 18.9 Å². The number of nitrogens with zero attached hydrogens (tertiary/aromatic N) is 4. The zero-order chi connectivity index (χ0) is 24.7. The van der Waals surface area contributed by atoms with Crippen molar-refractivity contribution in [3.63, 3.8) is 0 Å². The van der Waals surface area contributed by atoms with Crippen LogP contribution in [-0.4, -0.2) is 32.0 Å². The number of ether oxygens (including phenoxy) is 1. The quantitative estimate of drug-likeness (QED) is 0.310. The van der Waals surface area contributed by atoms with Gasteiger partial charge in [-0.05, 0) is 48.9 Å². The maximum Gasteiger partial charge on any atom is 0.259 e. The number of thioether (sulfide) groups is 1. The lowest BCUT2D eigenvalue weighted by Crippen LogP contribution is -2.43. The Kier molecular flexibility index (Phi) is 6.12. The van der Waals surface area contributed by atoms with Gasteiger partial charge < -0.3 is 4.74 Å². The predicted molar refractivity (Wildman–Crippen MR) is 144 cm³/mol. The Bertz CT molecular complexity index is 1470. The van der Waals surface area contributed by atoms with E-state index in [1.165, 1.54) is 12.0 Å². The number of methoxy groups -OCH3 is 1. The van der Waals surface area contributed by atoms with Crippen molar-refractivity contribution in [3.05, 3.63) is 75.6 Å². The van der Waals surface area contributed by atoms with E-state index in [9.17, 15) is 4.79 Å². The maximum absolute atomic E-state index is 14.5. The predicted octanol–water partition coefficient (Wildman–Crippen LogP) is 5.88. The van der Waals surface area contributed by atoms with E-state index in [1.807, 2.05) is 28.8 Å². The van der Waals surface area contributed by atoms with Crippen molar-refractivity contribution < 1.29 is 4.74 Å². The van der Waals surface area contributed by atoms with Gasteiger partial charge in [0.1, 0.15) is 5.75 Å². The zero-order valence-electron chi connectivity index (χ0n) is 21.0. The third-order valence-corrected chi connectivity index (χ3v) is 8.99. The molecular weight excluding hydrogens is 468 g/mol. The molecule has 1 spiro atoms. The Labute approximate surface area is 215 Å². The van der Waals surface area contributed by atoms with Crippen LogP contribution in [0.25, 0.3) is 17.0 Å². The first-order chi connectivity index (χ1) is 17.6. The highest BCUT2D eigenvalue weighted by Gasteiger charge is 2.44. The van der Waals surface area contributed by atoms with E-state index in [0.29, 0.717) is 12.3 Å². The van der Waals surface area contributed by atoms with Crippen LogP contribution in [0.2, 0.25) is 0 Å². The SMILES string of the molecule is CCCSc1nnc2n(Cc3ccc(OC)cc3)c(=O)c3c(n12)-c1ccccc1CC31CCCCC1. The summed E-state index contributed by atoms with van der Waals surface area (Å²) in [6, 6.07) is 16.6. The Hall–Kier alpha value is -3.06. The molecule has 0 radical (unpaired) electrons. The monoisotopic (exact) mass is 500 g/mol. The van der Waals surface area contributed by atoms with Gasteiger partial charge in [-0.15, -0.1) is 10.2 Å². The molecule has 0 atom stereocenters. The van der Waals surface area contributed by atoms with E-state index in [0.717, 1.165) is 77.6 Å². The Morgan fingerprint density at radius 1 is 1.03 bits per heavy atom. The van der Waals surface area contributed by atoms with E-state index < -0.39 is 0 Å². The van der Waals surface area contributed by atoms with Crippen LogP contribution in [0.1, 0.15) is 62.1 Å². The van der Waals surface area contributed by atoms with Crippen molar-refractivity contribution >= 4 is 17.5 Å². The van der Waals surface area contributed by atoms with Crippen LogP contribution in [0.3, 0.4) is 0 Å². The van der Waals surface area contributed by atoms with Crippen LogP contribution < -0.4 is 10.3 Å². The van der Waals surface area contributed by atoms with Crippen LogP contribution in [0, 0.1) is 0 Å². The van der Waals surface area contributed by atoms with E-state index >= 15 is 0 Å². The molecule has 0 saturated heterocycles. The first kappa shape index (κ1) is 23.3. The molecule has 2 aromatic heterocycles. The van der Waals surface area contributed by atoms with Crippen LogP contribution in [0.5, 0.6) is 5.75 Å². The Balaban J connectivity index is 1.65. The molecule has 0 N–H and O–H groups in total. The maximum atomic E-state index is 14.5. The van der Waals surface area contributed by atoms with Crippen molar-refractivity contribution in [2.45, 2.75) is 69.0 Å². The van der Waals surface area contributed by atoms with Gasteiger partial charge in [0.15, 0.2) is 5.16 Å². The van der Waals surface area contributed by atoms with Gasteiger partial charge in [0.05, 0.1) is 19.3 Å². The molecule has 6 rings (SSSR count). The molecule has 1 fully saturated rings.